The number of aromatic nitrogens is 4. The second kappa shape index (κ2) is 6.51. The second-order valence-electron chi connectivity index (χ2n) is 7.08. The molecule has 2 aliphatic rings. The maximum atomic E-state index is 13.1. The van der Waals surface area contributed by atoms with Gasteiger partial charge in [0.25, 0.3) is 5.91 Å². The molecule has 0 bridgehead atoms. The van der Waals surface area contributed by atoms with Gasteiger partial charge in [0.1, 0.15) is 0 Å². The highest BCUT2D eigenvalue weighted by atomic mass is 16.2. The summed E-state index contributed by atoms with van der Waals surface area (Å²) in [5.41, 5.74) is 0.797. The molecule has 4 rings (SSSR count). The smallest absolute Gasteiger partial charge is 0.254 e. The number of tetrazole rings is 1. The van der Waals surface area contributed by atoms with Crippen LogP contribution < -0.4 is 0 Å². The fraction of sp³-hybridized carbons (Fsp3) is 0.500. The van der Waals surface area contributed by atoms with Crippen LogP contribution in [-0.2, 0) is 4.79 Å². The Labute approximate surface area is 151 Å². The Morgan fingerprint density at radius 1 is 1.27 bits per heavy atom. The van der Waals surface area contributed by atoms with E-state index in [-0.39, 0.29) is 11.8 Å². The molecule has 8 nitrogen and oxygen atoms in total. The molecule has 0 aliphatic carbocycles. The summed E-state index contributed by atoms with van der Waals surface area (Å²) in [7, 11) is 0. The van der Waals surface area contributed by atoms with E-state index in [2.05, 4.69) is 27.5 Å². The molecule has 1 atom stereocenters. The van der Waals surface area contributed by atoms with Crippen molar-refractivity contribution in [2.24, 2.45) is 5.41 Å². The molecule has 2 aromatic rings. The van der Waals surface area contributed by atoms with Crippen LogP contribution in [0.4, 0.5) is 0 Å². The predicted molar refractivity (Wildman–Crippen MR) is 94.1 cm³/mol. The van der Waals surface area contributed by atoms with Gasteiger partial charge in [-0.1, -0.05) is 25.1 Å². The quantitative estimate of drug-likeness (QED) is 0.894. The lowest BCUT2D eigenvalue weighted by Gasteiger charge is -2.24. The molecular formula is C18H22N6O2. The molecule has 26 heavy (non-hydrogen) atoms. The molecule has 2 saturated heterocycles. The van der Waals surface area contributed by atoms with Crippen molar-refractivity contribution in [2.45, 2.75) is 26.2 Å². The van der Waals surface area contributed by atoms with Gasteiger partial charge in [-0.15, -0.1) is 10.2 Å². The van der Waals surface area contributed by atoms with Gasteiger partial charge in [-0.05, 0) is 30.5 Å². The Morgan fingerprint density at radius 3 is 2.85 bits per heavy atom. The molecule has 136 valence electrons. The number of likely N-dealkylation sites (tertiary alicyclic amines) is 2. The van der Waals surface area contributed by atoms with Crippen LogP contribution in [0.5, 0.6) is 0 Å². The summed E-state index contributed by atoms with van der Waals surface area (Å²) in [4.78, 5) is 29.7. The molecule has 0 radical (unpaired) electrons. The monoisotopic (exact) mass is 354 g/mol. The zero-order valence-electron chi connectivity index (χ0n) is 14.8. The molecule has 1 unspecified atom stereocenters. The summed E-state index contributed by atoms with van der Waals surface area (Å²) in [6, 6.07) is 7.26. The van der Waals surface area contributed by atoms with Gasteiger partial charge in [-0.25, -0.2) is 0 Å². The highest BCUT2D eigenvalue weighted by molar-refractivity contribution is 6.01. The third-order valence-electron chi connectivity index (χ3n) is 5.48. The zero-order valence-corrected chi connectivity index (χ0v) is 14.8. The lowest BCUT2D eigenvalue weighted by molar-refractivity contribution is -0.135. The molecule has 3 heterocycles. The Morgan fingerprint density at radius 2 is 2.08 bits per heavy atom. The van der Waals surface area contributed by atoms with E-state index in [0.717, 1.165) is 32.4 Å². The number of benzene rings is 1. The highest BCUT2D eigenvalue weighted by Gasteiger charge is 2.51. The number of hydrogen-bond donors (Lipinski definition) is 1. The molecular weight excluding hydrogens is 332 g/mol. The number of amides is 2. The number of hydrogen-bond acceptors (Lipinski definition) is 5. The predicted octanol–water partition coefficient (Wildman–Crippen LogP) is 1.34. The Bertz CT molecular complexity index is 821. The summed E-state index contributed by atoms with van der Waals surface area (Å²) in [6.45, 7) is 4.78. The van der Waals surface area contributed by atoms with Crippen LogP contribution >= 0.6 is 0 Å². The highest BCUT2D eigenvalue weighted by Crippen LogP contribution is 2.41. The van der Waals surface area contributed by atoms with Crippen LogP contribution in [0, 0.1) is 5.41 Å². The third kappa shape index (κ3) is 2.65. The van der Waals surface area contributed by atoms with Crippen LogP contribution in [0.3, 0.4) is 0 Å². The summed E-state index contributed by atoms with van der Waals surface area (Å²) in [6.07, 6.45) is 2.53. The fourth-order valence-electron chi connectivity index (χ4n) is 4.11. The molecule has 2 fully saturated rings. The van der Waals surface area contributed by atoms with Crippen LogP contribution in [0.1, 0.15) is 36.5 Å². The van der Waals surface area contributed by atoms with Gasteiger partial charge < -0.3 is 9.80 Å². The van der Waals surface area contributed by atoms with Gasteiger partial charge in [-0.2, -0.15) is 5.21 Å². The Hall–Kier alpha value is -2.77. The number of carbonyl (C=O) groups is 2. The third-order valence-corrected chi connectivity index (χ3v) is 5.48. The van der Waals surface area contributed by atoms with E-state index >= 15 is 0 Å². The van der Waals surface area contributed by atoms with Crippen LogP contribution in [0.2, 0.25) is 0 Å². The minimum atomic E-state index is -0.397. The zero-order chi connectivity index (χ0) is 18.1. The summed E-state index contributed by atoms with van der Waals surface area (Å²) < 4.78 is 0. The van der Waals surface area contributed by atoms with Crippen molar-refractivity contribution in [3.05, 3.63) is 29.8 Å². The first-order chi connectivity index (χ1) is 12.6. The first-order valence-corrected chi connectivity index (χ1v) is 9.06. The Balaban J connectivity index is 1.56. The van der Waals surface area contributed by atoms with Crippen molar-refractivity contribution in [2.75, 3.05) is 26.2 Å². The van der Waals surface area contributed by atoms with Gasteiger partial charge in [0.15, 0.2) is 0 Å². The van der Waals surface area contributed by atoms with E-state index in [9.17, 15) is 9.59 Å². The fourth-order valence-corrected chi connectivity index (χ4v) is 4.11. The van der Waals surface area contributed by atoms with E-state index in [1.165, 1.54) is 0 Å². The average molecular weight is 354 g/mol. The molecule has 1 aromatic heterocycles. The van der Waals surface area contributed by atoms with E-state index in [4.69, 9.17) is 0 Å². The van der Waals surface area contributed by atoms with Gasteiger partial charge in [0.05, 0.1) is 11.0 Å². The van der Waals surface area contributed by atoms with Crippen molar-refractivity contribution in [1.29, 1.82) is 0 Å². The summed E-state index contributed by atoms with van der Waals surface area (Å²) >= 11 is 0. The number of nitrogens with zero attached hydrogens (tertiary/aromatic N) is 5. The SMILES string of the molecule is CCCN1CCC2(CCN(C(=O)c3ccccc3-c3nn[nH]n3)C2)C1=O. The van der Waals surface area contributed by atoms with Crippen molar-refractivity contribution >= 4 is 11.8 Å². The molecule has 8 heteroatoms. The van der Waals surface area contributed by atoms with Crippen molar-refractivity contribution in [3.8, 4) is 11.4 Å². The second-order valence-corrected chi connectivity index (χ2v) is 7.08. The minimum Gasteiger partial charge on any atom is -0.342 e. The van der Waals surface area contributed by atoms with Crippen molar-refractivity contribution in [3.63, 3.8) is 0 Å². The first kappa shape index (κ1) is 16.7. The maximum Gasteiger partial charge on any atom is 0.254 e. The van der Waals surface area contributed by atoms with Crippen LogP contribution in [-0.4, -0.2) is 68.4 Å². The average Bonchev–Trinajstić information content (AvgIpc) is 3.40. The molecule has 1 N–H and O–H groups in total. The van der Waals surface area contributed by atoms with Crippen molar-refractivity contribution in [1.82, 2.24) is 30.4 Å². The molecule has 0 saturated carbocycles. The molecule has 2 aliphatic heterocycles. The first-order valence-electron chi connectivity index (χ1n) is 9.06. The standard InChI is InChI=1S/C18H22N6O2/c1-2-9-23-10-7-18(17(23)26)8-11-24(12-18)16(25)14-6-4-3-5-13(14)15-19-21-22-20-15/h3-6H,2,7-12H2,1H3,(H,19,20,21,22). The number of aromatic amines is 1. The largest absolute Gasteiger partial charge is 0.342 e. The normalized spacial score (nSPS) is 22.6. The van der Waals surface area contributed by atoms with E-state index in [1.54, 1.807) is 11.0 Å². The molecule has 1 aromatic carbocycles. The number of rotatable bonds is 4. The van der Waals surface area contributed by atoms with Gasteiger partial charge in [-0.3, -0.25) is 9.59 Å². The van der Waals surface area contributed by atoms with Gasteiger partial charge in [0.2, 0.25) is 11.7 Å². The summed E-state index contributed by atoms with van der Waals surface area (Å²) in [5, 5.41) is 14.0. The summed E-state index contributed by atoms with van der Waals surface area (Å²) in [5.74, 6) is 0.527. The van der Waals surface area contributed by atoms with Crippen LogP contribution in [0.15, 0.2) is 24.3 Å². The lowest BCUT2D eigenvalue weighted by atomic mass is 9.85. The number of H-pyrrole nitrogens is 1. The van der Waals surface area contributed by atoms with E-state index in [0.29, 0.717) is 30.0 Å². The minimum absolute atomic E-state index is 0.0796. The topological polar surface area (TPSA) is 95.1 Å². The van der Waals surface area contributed by atoms with Crippen LogP contribution in [0.25, 0.3) is 11.4 Å². The lowest BCUT2D eigenvalue weighted by Crippen LogP contribution is -2.38. The molecule has 2 amide bonds. The molecule has 1 spiro atoms. The van der Waals surface area contributed by atoms with Crippen molar-refractivity contribution < 1.29 is 9.59 Å². The Kier molecular flexibility index (Phi) is 4.18. The maximum absolute atomic E-state index is 13.1. The number of carbonyl (C=O) groups excluding carboxylic acids is 2. The van der Waals surface area contributed by atoms with E-state index < -0.39 is 5.41 Å². The number of nitrogens with one attached hydrogen (secondary N) is 1. The van der Waals surface area contributed by atoms with Gasteiger partial charge >= 0.3 is 0 Å². The van der Waals surface area contributed by atoms with E-state index in [1.807, 2.05) is 23.1 Å². The van der Waals surface area contributed by atoms with Gasteiger partial charge in [0, 0.05) is 31.7 Å².